The van der Waals surface area contributed by atoms with Crippen molar-refractivity contribution in [2.24, 2.45) is 5.41 Å². The Morgan fingerprint density at radius 2 is 1.94 bits per heavy atom. The van der Waals surface area contributed by atoms with Gasteiger partial charge in [-0.25, -0.2) is 4.79 Å². The number of carboxylic acid groups (broad SMARTS) is 1. The number of carbonyl (C=O) groups excluding carboxylic acids is 1. The van der Waals surface area contributed by atoms with Gasteiger partial charge in [-0.2, -0.15) is 0 Å². The summed E-state index contributed by atoms with van der Waals surface area (Å²) in [5, 5.41) is 20.4. The highest BCUT2D eigenvalue weighted by Crippen LogP contribution is 2.13. The van der Waals surface area contributed by atoms with Crippen LogP contribution < -0.4 is 5.32 Å². The maximum atomic E-state index is 11.5. The molecule has 1 unspecified atom stereocenters. The van der Waals surface area contributed by atoms with Crippen molar-refractivity contribution in [3.8, 4) is 0 Å². The molecule has 16 heavy (non-hydrogen) atoms. The van der Waals surface area contributed by atoms with Gasteiger partial charge in [0.1, 0.15) is 0 Å². The van der Waals surface area contributed by atoms with E-state index >= 15 is 0 Å². The number of amides is 2. The number of nitrogens with one attached hydrogen (secondary N) is 1. The number of rotatable bonds is 5. The molecule has 0 bridgehead atoms. The Morgan fingerprint density at radius 3 is 2.31 bits per heavy atom. The summed E-state index contributed by atoms with van der Waals surface area (Å²) >= 11 is 0. The van der Waals surface area contributed by atoms with E-state index < -0.39 is 23.5 Å². The molecule has 6 heteroatoms. The minimum Gasteiger partial charge on any atom is -0.481 e. The van der Waals surface area contributed by atoms with Crippen LogP contribution in [0.15, 0.2) is 0 Å². The molecule has 0 saturated carbocycles. The first kappa shape index (κ1) is 14.7. The molecule has 94 valence electrons. The molecule has 1 atom stereocenters. The second-order valence-corrected chi connectivity index (χ2v) is 4.58. The van der Waals surface area contributed by atoms with E-state index in [-0.39, 0.29) is 13.1 Å². The summed E-state index contributed by atoms with van der Waals surface area (Å²) in [6.45, 7) is 4.89. The van der Waals surface area contributed by atoms with Crippen molar-refractivity contribution in [1.29, 1.82) is 0 Å². The van der Waals surface area contributed by atoms with Crippen LogP contribution >= 0.6 is 0 Å². The highest BCUT2D eigenvalue weighted by molar-refractivity contribution is 5.77. The van der Waals surface area contributed by atoms with Crippen LogP contribution in [-0.4, -0.2) is 53.4 Å². The molecule has 0 fully saturated rings. The molecule has 0 aromatic rings. The summed E-state index contributed by atoms with van der Waals surface area (Å²) < 4.78 is 0. The van der Waals surface area contributed by atoms with Gasteiger partial charge in [-0.05, 0) is 20.8 Å². The number of aliphatic hydroxyl groups excluding tert-OH is 1. The monoisotopic (exact) mass is 232 g/mol. The van der Waals surface area contributed by atoms with Crippen LogP contribution in [0.25, 0.3) is 0 Å². The first-order valence-electron chi connectivity index (χ1n) is 5.07. The summed E-state index contributed by atoms with van der Waals surface area (Å²) in [7, 11) is 1.54. The zero-order valence-electron chi connectivity index (χ0n) is 10.1. The van der Waals surface area contributed by atoms with Crippen LogP contribution in [0, 0.1) is 5.41 Å². The fraction of sp³-hybridized carbons (Fsp3) is 0.800. The van der Waals surface area contributed by atoms with Crippen LogP contribution in [-0.2, 0) is 4.79 Å². The number of hydrogen-bond acceptors (Lipinski definition) is 3. The van der Waals surface area contributed by atoms with Crippen LogP contribution in [0.5, 0.6) is 0 Å². The smallest absolute Gasteiger partial charge is 0.317 e. The second kappa shape index (κ2) is 5.69. The summed E-state index contributed by atoms with van der Waals surface area (Å²) in [6, 6.07) is -0.393. The molecular formula is C10H20N2O4. The Bertz CT molecular complexity index is 264. The standard InChI is InChI=1S/C10H20N2O4/c1-7(13)5-12(4)9(16)11-6-10(2,3)8(14)15/h7,13H,5-6H2,1-4H3,(H,11,16)(H,14,15). The lowest BCUT2D eigenvalue weighted by atomic mass is 9.94. The van der Waals surface area contributed by atoms with Gasteiger partial charge in [-0.3, -0.25) is 4.79 Å². The highest BCUT2D eigenvalue weighted by Gasteiger charge is 2.28. The first-order valence-corrected chi connectivity index (χ1v) is 5.07. The van der Waals surface area contributed by atoms with Crippen LogP contribution in [0.4, 0.5) is 4.79 Å². The summed E-state index contributed by atoms with van der Waals surface area (Å²) in [6.07, 6.45) is -0.608. The zero-order valence-corrected chi connectivity index (χ0v) is 10.1. The van der Waals surface area contributed by atoms with E-state index in [0.717, 1.165) is 0 Å². The Morgan fingerprint density at radius 1 is 1.44 bits per heavy atom. The van der Waals surface area contributed by atoms with Crippen molar-refractivity contribution in [3.63, 3.8) is 0 Å². The fourth-order valence-electron chi connectivity index (χ4n) is 0.986. The number of likely N-dealkylation sites (N-methyl/N-ethyl adjacent to an activating group) is 1. The quantitative estimate of drug-likeness (QED) is 0.628. The summed E-state index contributed by atoms with van der Waals surface area (Å²) in [4.78, 5) is 23.5. The average Bonchev–Trinajstić information content (AvgIpc) is 2.12. The molecule has 2 amide bonds. The Balaban J connectivity index is 4.12. The van der Waals surface area contributed by atoms with E-state index in [1.807, 2.05) is 0 Å². The molecule has 0 radical (unpaired) electrons. The first-order chi connectivity index (χ1) is 7.16. The van der Waals surface area contributed by atoms with Crippen LogP contribution in [0.1, 0.15) is 20.8 Å². The maximum Gasteiger partial charge on any atom is 0.317 e. The van der Waals surface area contributed by atoms with E-state index in [4.69, 9.17) is 10.2 Å². The van der Waals surface area contributed by atoms with Crippen molar-refractivity contribution in [1.82, 2.24) is 10.2 Å². The zero-order chi connectivity index (χ0) is 12.9. The molecular weight excluding hydrogens is 212 g/mol. The largest absolute Gasteiger partial charge is 0.481 e. The lowest BCUT2D eigenvalue weighted by molar-refractivity contribution is -0.146. The highest BCUT2D eigenvalue weighted by atomic mass is 16.4. The Hall–Kier alpha value is -1.30. The molecule has 0 aliphatic heterocycles. The minimum absolute atomic E-state index is 0.0469. The fourth-order valence-corrected chi connectivity index (χ4v) is 0.986. The molecule has 0 aliphatic rings. The van der Waals surface area contributed by atoms with Crippen molar-refractivity contribution in [2.45, 2.75) is 26.9 Å². The third-order valence-electron chi connectivity index (χ3n) is 2.15. The number of urea groups is 1. The molecule has 0 aromatic carbocycles. The van der Waals surface area contributed by atoms with E-state index in [1.165, 1.54) is 25.8 Å². The van der Waals surface area contributed by atoms with Gasteiger partial charge in [-0.15, -0.1) is 0 Å². The topological polar surface area (TPSA) is 89.9 Å². The lowest BCUT2D eigenvalue weighted by Crippen LogP contribution is -2.45. The van der Waals surface area contributed by atoms with Crippen molar-refractivity contribution >= 4 is 12.0 Å². The van der Waals surface area contributed by atoms with E-state index in [9.17, 15) is 9.59 Å². The number of carbonyl (C=O) groups is 2. The van der Waals surface area contributed by atoms with Gasteiger partial charge in [-0.1, -0.05) is 0 Å². The van der Waals surface area contributed by atoms with Gasteiger partial charge in [0.15, 0.2) is 0 Å². The number of aliphatic hydroxyl groups is 1. The van der Waals surface area contributed by atoms with Crippen molar-refractivity contribution in [3.05, 3.63) is 0 Å². The summed E-state index contributed by atoms with van der Waals surface area (Å²) in [5.74, 6) is -0.967. The third kappa shape index (κ3) is 4.97. The number of carboxylic acids is 1. The Kier molecular flexibility index (Phi) is 5.23. The van der Waals surface area contributed by atoms with Gasteiger partial charge in [0.25, 0.3) is 0 Å². The Labute approximate surface area is 95.2 Å². The third-order valence-corrected chi connectivity index (χ3v) is 2.15. The molecule has 6 nitrogen and oxygen atoms in total. The molecule has 0 rings (SSSR count). The number of aliphatic carboxylic acids is 1. The van der Waals surface area contributed by atoms with Crippen LogP contribution in [0.3, 0.4) is 0 Å². The maximum absolute atomic E-state index is 11.5. The molecule has 0 heterocycles. The SMILES string of the molecule is CC(O)CN(C)C(=O)NCC(C)(C)C(=O)O. The number of nitrogens with zero attached hydrogens (tertiary/aromatic N) is 1. The normalized spacial score (nSPS) is 13.1. The predicted molar refractivity (Wildman–Crippen MR) is 59.1 cm³/mol. The molecule has 0 spiro atoms. The molecule has 0 aliphatic carbocycles. The van der Waals surface area contributed by atoms with Crippen molar-refractivity contribution < 1.29 is 19.8 Å². The van der Waals surface area contributed by atoms with Crippen molar-refractivity contribution in [2.75, 3.05) is 20.1 Å². The van der Waals surface area contributed by atoms with Crippen LogP contribution in [0.2, 0.25) is 0 Å². The summed E-state index contributed by atoms with van der Waals surface area (Å²) in [5.41, 5.74) is -0.999. The minimum atomic E-state index is -0.999. The second-order valence-electron chi connectivity index (χ2n) is 4.58. The van der Waals surface area contributed by atoms with Gasteiger partial charge in [0.05, 0.1) is 11.5 Å². The average molecular weight is 232 g/mol. The van der Waals surface area contributed by atoms with Gasteiger partial charge < -0.3 is 20.4 Å². The molecule has 0 aromatic heterocycles. The predicted octanol–water partition coefficient (Wildman–Crippen LogP) is 0.119. The molecule has 0 saturated heterocycles. The van der Waals surface area contributed by atoms with E-state index in [2.05, 4.69) is 5.32 Å². The molecule has 3 N–H and O–H groups in total. The lowest BCUT2D eigenvalue weighted by Gasteiger charge is -2.23. The van der Waals surface area contributed by atoms with Gasteiger partial charge >= 0.3 is 12.0 Å². The van der Waals surface area contributed by atoms with E-state index in [1.54, 1.807) is 6.92 Å². The number of hydrogen-bond donors (Lipinski definition) is 3. The van der Waals surface area contributed by atoms with E-state index in [0.29, 0.717) is 0 Å². The van der Waals surface area contributed by atoms with Gasteiger partial charge in [0, 0.05) is 20.1 Å². The van der Waals surface area contributed by atoms with Gasteiger partial charge in [0.2, 0.25) is 0 Å².